The molecule has 32 heavy (non-hydrogen) atoms. The normalized spacial score (nSPS) is 13.0. The molecule has 0 unspecified atom stereocenters. The lowest BCUT2D eigenvalue weighted by atomic mass is 10.2. The van der Waals surface area contributed by atoms with Gasteiger partial charge in [0.2, 0.25) is 9.84 Å². The van der Waals surface area contributed by atoms with Crippen molar-refractivity contribution >= 4 is 54.5 Å². The summed E-state index contributed by atoms with van der Waals surface area (Å²) < 4.78 is 60.6. The van der Waals surface area contributed by atoms with Crippen molar-refractivity contribution < 1.29 is 26.3 Å². The first-order valence-electron chi connectivity index (χ1n) is 9.86. The Morgan fingerprint density at radius 2 is 1.53 bits per heavy atom. The molecule has 0 aliphatic carbocycles. The standard InChI is InChI=1S/C21H25Cl3O6S2/c1-3-31(25,26)14-15(2)13-30-21-19(23)11-18(12-20(21)24)32(27,28)17-7-5-16(6-8-17)29-10-4-9-22/h5-8,11-12,15H,3-4,9-10,13-14H2,1-2H3/t15-/m1/s1. The Morgan fingerprint density at radius 3 is 2.06 bits per heavy atom. The van der Waals surface area contributed by atoms with E-state index in [-0.39, 0.29) is 49.6 Å². The lowest BCUT2D eigenvalue weighted by Crippen LogP contribution is -2.21. The van der Waals surface area contributed by atoms with E-state index in [0.29, 0.717) is 24.7 Å². The van der Waals surface area contributed by atoms with Crippen LogP contribution in [0.2, 0.25) is 10.0 Å². The summed E-state index contributed by atoms with van der Waals surface area (Å²) in [4.78, 5) is -0.0290. The first-order chi connectivity index (χ1) is 15.0. The van der Waals surface area contributed by atoms with Gasteiger partial charge in [-0.2, -0.15) is 0 Å². The molecule has 0 heterocycles. The molecule has 0 aliphatic heterocycles. The molecule has 0 N–H and O–H groups in total. The van der Waals surface area contributed by atoms with Crippen LogP contribution in [0.5, 0.6) is 11.5 Å². The third kappa shape index (κ3) is 7.42. The fourth-order valence-corrected chi connectivity index (χ4v) is 6.10. The van der Waals surface area contributed by atoms with Crippen molar-refractivity contribution in [2.24, 2.45) is 5.92 Å². The van der Waals surface area contributed by atoms with Gasteiger partial charge in [0, 0.05) is 17.6 Å². The zero-order valence-corrected chi connectivity index (χ0v) is 21.6. The quantitative estimate of drug-likeness (QED) is 0.267. The minimum atomic E-state index is -3.88. The molecule has 0 saturated heterocycles. The van der Waals surface area contributed by atoms with Crippen molar-refractivity contribution in [3.63, 3.8) is 0 Å². The van der Waals surface area contributed by atoms with Gasteiger partial charge >= 0.3 is 0 Å². The first-order valence-corrected chi connectivity index (χ1v) is 14.5. The summed E-state index contributed by atoms with van der Waals surface area (Å²) >= 11 is 18.1. The second-order valence-corrected chi connectivity index (χ2v) is 12.7. The molecule has 0 aromatic heterocycles. The van der Waals surface area contributed by atoms with E-state index < -0.39 is 19.7 Å². The SMILES string of the molecule is CCS(=O)(=O)C[C@H](C)COc1c(Cl)cc(S(=O)(=O)c2ccc(OCCCCl)cc2)cc1Cl. The summed E-state index contributed by atoms with van der Waals surface area (Å²) in [7, 11) is -7.03. The van der Waals surface area contributed by atoms with E-state index in [4.69, 9.17) is 44.3 Å². The fraction of sp³-hybridized carbons (Fsp3) is 0.429. The van der Waals surface area contributed by atoms with Crippen molar-refractivity contribution in [1.82, 2.24) is 0 Å². The Morgan fingerprint density at radius 1 is 0.938 bits per heavy atom. The molecule has 0 bridgehead atoms. The van der Waals surface area contributed by atoms with Gasteiger partial charge in [0.1, 0.15) is 15.6 Å². The highest BCUT2D eigenvalue weighted by atomic mass is 35.5. The zero-order valence-electron chi connectivity index (χ0n) is 17.7. The molecule has 0 saturated carbocycles. The molecular formula is C21H25Cl3O6S2. The molecule has 0 fully saturated rings. The van der Waals surface area contributed by atoms with Crippen LogP contribution < -0.4 is 9.47 Å². The Bertz CT molecular complexity index is 1090. The number of benzene rings is 2. The number of alkyl halides is 1. The molecule has 2 aromatic carbocycles. The Labute approximate surface area is 204 Å². The van der Waals surface area contributed by atoms with Crippen LogP contribution >= 0.6 is 34.8 Å². The second-order valence-electron chi connectivity index (χ2n) is 7.20. The third-order valence-corrected chi connectivity index (χ3v) is 8.99. The van der Waals surface area contributed by atoms with Gasteiger partial charge < -0.3 is 9.47 Å². The lowest BCUT2D eigenvalue weighted by Gasteiger charge is -2.16. The number of hydrogen-bond donors (Lipinski definition) is 0. The number of hydrogen-bond acceptors (Lipinski definition) is 6. The third-order valence-electron chi connectivity index (χ3n) is 4.45. The van der Waals surface area contributed by atoms with Gasteiger partial charge in [-0.05, 0) is 42.8 Å². The molecule has 0 spiro atoms. The Kier molecular flexibility index (Phi) is 9.97. The summed E-state index contributed by atoms with van der Waals surface area (Å²) in [5.74, 6) is 0.845. The summed E-state index contributed by atoms with van der Waals surface area (Å²) in [5, 5.41) is 0.0327. The highest BCUT2D eigenvalue weighted by molar-refractivity contribution is 7.91. The van der Waals surface area contributed by atoms with Gasteiger partial charge in [-0.1, -0.05) is 37.0 Å². The molecule has 2 aromatic rings. The topological polar surface area (TPSA) is 86.7 Å². The van der Waals surface area contributed by atoms with Crippen LogP contribution in [0, 0.1) is 5.92 Å². The number of sulfone groups is 2. The molecule has 6 nitrogen and oxygen atoms in total. The number of ether oxygens (including phenoxy) is 2. The lowest BCUT2D eigenvalue weighted by molar-refractivity contribution is 0.272. The zero-order chi connectivity index (χ0) is 23.9. The predicted molar refractivity (Wildman–Crippen MR) is 128 cm³/mol. The highest BCUT2D eigenvalue weighted by Gasteiger charge is 2.22. The van der Waals surface area contributed by atoms with Gasteiger partial charge in [-0.25, -0.2) is 16.8 Å². The van der Waals surface area contributed by atoms with Gasteiger partial charge in [-0.3, -0.25) is 0 Å². The average molecular weight is 544 g/mol. The van der Waals surface area contributed by atoms with E-state index in [9.17, 15) is 16.8 Å². The highest BCUT2D eigenvalue weighted by Crippen LogP contribution is 2.37. The summed E-state index contributed by atoms with van der Waals surface area (Å²) in [6.45, 7) is 3.82. The van der Waals surface area contributed by atoms with Crippen molar-refractivity contribution in [1.29, 1.82) is 0 Å². The van der Waals surface area contributed by atoms with E-state index in [2.05, 4.69) is 0 Å². The summed E-state index contributed by atoms with van der Waals surface area (Å²) in [6, 6.07) is 8.52. The number of halogens is 3. The van der Waals surface area contributed by atoms with Crippen LogP contribution in [0.15, 0.2) is 46.2 Å². The van der Waals surface area contributed by atoms with Crippen molar-refractivity contribution in [3.05, 3.63) is 46.4 Å². The second kappa shape index (κ2) is 11.8. The molecule has 1 atom stereocenters. The van der Waals surface area contributed by atoms with Crippen LogP contribution in [0.3, 0.4) is 0 Å². The maximum absolute atomic E-state index is 13.0. The van der Waals surface area contributed by atoms with Crippen LogP contribution in [0.4, 0.5) is 0 Å². The molecule has 178 valence electrons. The van der Waals surface area contributed by atoms with Crippen molar-refractivity contribution in [3.8, 4) is 11.5 Å². The summed E-state index contributed by atoms with van der Waals surface area (Å²) in [6.07, 6.45) is 0.681. The largest absolute Gasteiger partial charge is 0.494 e. The number of rotatable bonds is 12. The van der Waals surface area contributed by atoms with E-state index in [0.717, 1.165) is 0 Å². The van der Waals surface area contributed by atoms with Crippen molar-refractivity contribution in [2.45, 2.75) is 30.1 Å². The monoisotopic (exact) mass is 542 g/mol. The predicted octanol–water partition coefficient (Wildman–Crippen LogP) is 5.28. The minimum Gasteiger partial charge on any atom is -0.494 e. The van der Waals surface area contributed by atoms with E-state index in [1.165, 1.54) is 24.3 Å². The molecule has 2 rings (SSSR count). The van der Waals surface area contributed by atoms with Crippen LogP contribution in [0.1, 0.15) is 20.3 Å². The molecule has 0 aliphatic rings. The Balaban J connectivity index is 2.17. The van der Waals surface area contributed by atoms with Crippen LogP contribution in [0.25, 0.3) is 0 Å². The summed E-state index contributed by atoms with van der Waals surface area (Å²) in [5.41, 5.74) is 0. The fourth-order valence-electron chi connectivity index (χ4n) is 2.75. The molecular weight excluding hydrogens is 519 g/mol. The first kappa shape index (κ1) is 27.1. The average Bonchev–Trinajstić information content (AvgIpc) is 2.73. The smallest absolute Gasteiger partial charge is 0.206 e. The van der Waals surface area contributed by atoms with Gasteiger partial charge in [0.05, 0.1) is 38.8 Å². The maximum Gasteiger partial charge on any atom is 0.206 e. The van der Waals surface area contributed by atoms with Gasteiger partial charge in [0.25, 0.3) is 0 Å². The molecule has 11 heteroatoms. The molecule has 0 amide bonds. The Hall–Kier alpha value is -1.19. The van der Waals surface area contributed by atoms with Crippen molar-refractivity contribution in [2.75, 3.05) is 30.6 Å². The van der Waals surface area contributed by atoms with E-state index in [1.54, 1.807) is 26.0 Å². The van der Waals surface area contributed by atoms with Crippen LogP contribution in [-0.4, -0.2) is 47.4 Å². The maximum atomic E-state index is 13.0. The van der Waals surface area contributed by atoms with E-state index >= 15 is 0 Å². The van der Waals surface area contributed by atoms with Gasteiger partial charge in [0.15, 0.2) is 5.75 Å². The molecule has 0 radical (unpaired) electrons. The van der Waals surface area contributed by atoms with E-state index in [1.807, 2.05) is 0 Å². The minimum absolute atomic E-state index is 0.0163. The van der Waals surface area contributed by atoms with Gasteiger partial charge in [-0.15, -0.1) is 11.6 Å². The van der Waals surface area contributed by atoms with Crippen LogP contribution in [-0.2, 0) is 19.7 Å².